The van der Waals surface area contributed by atoms with Gasteiger partial charge in [0.15, 0.2) is 0 Å². The van der Waals surface area contributed by atoms with Gasteiger partial charge in [0.25, 0.3) is 0 Å². The van der Waals surface area contributed by atoms with Gasteiger partial charge in [-0.3, -0.25) is 4.72 Å². The van der Waals surface area contributed by atoms with E-state index in [0.717, 1.165) is 0 Å². The van der Waals surface area contributed by atoms with Crippen LogP contribution in [0.1, 0.15) is 16.7 Å². The number of rotatable bonds is 4. The minimum atomic E-state index is -3.73. The number of nitriles is 1. The minimum absolute atomic E-state index is 0.0360. The summed E-state index contributed by atoms with van der Waals surface area (Å²) in [5, 5.41) is 8.69. The largest absolute Gasteiger partial charge is 0.280 e. The molecule has 0 aliphatic heterocycles. The van der Waals surface area contributed by atoms with Crippen LogP contribution in [0, 0.1) is 24.1 Å². The molecule has 2 rings (SSSR count). The molecule has 0 atom stereocenters. The molecule has 0 spiro atoms. The molecule has 21 heavy (non-hydrogen) atoms. The van der Waals surface area contributed by atoms with E-state index in [1.165, 1.54) is 12.1 Å². The maximum absolute atomic E-state index is 13.7. The summed E-state index contributed by atoms with van der Waals surface area (Å²) in [6, 6.07) is 12.5. The van der Waals surface area contributed by atoms with Crippen molar-refractivity contribution in [3.63, 3.8) is 0 Å². The Kier molecular flexibility index (Phi) is 4.24. The highest BCUT2D eigenvalue weighted by Crippen LogP contribution is 2.21. The molecule has 0 saturated carbocycles. The lowest BCUT2D eigenvalue weighted by Gasteiger charge is -2.11. The van der Waals surface area contributed by atoms with Crippen LogP contribution in [0.5, 0.6) is 0 Å². The molecule has 0 fully saturated rings. The SMILES string of the molecule is Cc1cccc(F)c1NS(=O)(=O)Cc1ccc(C#N)cc1. The van der Waals surface area contributed by atoms with Crippen molar-refractivity contribution in [1.82, 2.24) is 0 Å². The van der Waals surface area contributed by atoms with E-state index in [0.29, 0.717) is 16.7 Å². The zero-order chi connectivity index (χ0) is 15.5. The Morgan fingerprint density at radius 3 is 2.43 bits per heavy atom. The van der Waals surface area contributed by atoms with E-state index in [-0.39, 0.29) is 11.4 Å². The number of hydrogen-bond donors (Lipinski definition) is 1. The molecule has 0 aromatic heterocycles. The highest BCUT2D eigenvalue weighted by molar-refractivity contribution is 7.91. The third kappa shape index (κ3) is 3.80. The Balaban J connectivity index is 2.21. The second-order valence-corrected chi connectivity index (χ2v) is 6.32. The van der Waals surface area contributed by atoms with Crippen LogP contribution >= 0.6 is 0 Å². The number of anilines is 1. The number of nitrogens with zero attached hydrogens (tertiary/aromatic N) is 1. The monoisotopic (exact) mass is 304 g/mol. The van der Waals surface area contributed by atoms with Crippen LogP contribution in [0.2, 0.25) is 0 Å². The first kappa shape index (κ1) is 15.0. The van der Waals surface area contributed by atoms with Gasteiger partial charge in [0.1, 0.15) is 5.82 Å². The molecule has 0 aliphatic rings. The summed E-state index contributed by atoms with van der Waals surface area (Å²) in [6.07, 6.45) is 0. The average Bonchev–Trinajstić information content (AvgIpc) is 2.43. The standard InChI is InChI=1S/C15H13FN2O2S/c1-11-3-2-4-14(16)15(11)18-21(19,20)10-13-7-5-12(9-17)6-8-13/h2-8,18H,10H2,1H3. The Bertz CT molecular complexity index is 773. The molecule has 0 radical (unpaired) electrons. The molecule has 0 aliphatic carbocycles. The van der Waals surface area contributed by atoms with Crippen LogP contribution in [-0.2, 0) is 15.8 Å². The predicted molar refractivity (Wildman–Crippen MR) is 78.5 cm³/mol. The molecule has 2 aromatic rings. The van der Waals surface area contributed by atoms with Crippen molar-refractivity contribution >= 4 is 15.7 Å². The van der Waals surface area contributed by atoms with Crippen LogP contribution in [0.3, 0.4) is 0 Å². The normalized spacial score (nSPS) is 10.9. The summed E-state index contributed by atoms with van der Waals surface area (Å²) >= 11 is 0. The fourth-order valence-electron chi connectivity index (χ4n) is 1.85. The Hall–Kier alpha value is -2.39. The number of nitrogens with one attached hydrogen (secondary N) is 1. The molecule has 6 heteroatoms. The van der Waals surface area contributed by atoms with Gasteiger partial charge in [-0.2, -0.15) is 5.26 Å². The van der Waals surface area contributed by atoms with E-state index < -0.39 is 15.8 Å². The number of para-hydroxylation sites is 1. The van der Waals surface area contributed by atoms with E-state index in [1.54, 1.807) is 37.3 Å². The average molecular weight is 304 g/mol. The highest BCUT2D eigenvalue weighted by atomic mass is 32.2. The van der Waals surface area contributed by atoms with Crippen LogP contribution in [-0.4, -0.2) is 8.42 Å². The fourth-order valence-corrected chi connectivity index (χ4v) is 3.12. The number of benzene rings is 2. The first-order valence-corrected chi connectivity index (χ1v) is 7.81. The van der Waals surface area contributed by atoms with Crippen molar-refractivity contribution in [2.45, 2.75) is 12.7 Å². The molecule has 0 unspecified atom stereocenters. The number of aryl methyl sites for hydroxylation is 1. The summed E-state index contributed by atoms with van der Waals surface area (Å²) < 4.78 is 40.1. The van der Waals surface area contributed by atoms with Crippen LogP contribution in [0.15, 0.2) is 42.5 Å². The molecule has 4 nitrogen and oxygen atoms in total. The molecular weight excluding hydrogens is 291 g/mol. The van der Waals surface area contributed by atoms with Crippen molar-refractivity contribution in [2.75, 3.05) is 4.72 Å². The van der Waals surface area contributed by atoms with E-state index in [2.05, 4.69) is 4.72 Å². The van der Waals surface area contributed by atoms with Crippen LogP contribution in [0.4, 0.5) is 10.1 Å². The second-order valence-electron chi connectivity index (χ2n) is 4.60. The van der Waals surface area contributed by atoms with E-state index in [9.17, 15) is 12.8 Å². The summed E-state index contributed by atoms with van der Waals surface area (Å²) in [5.74, 6) is -0.898. The molecule has 0 amide bonds. The third-order valence-corrected chi connectivity index (χ3v) is 4.15. The van der Waals surface area contributed by atoms with Gasteiger partial charge < -0.3 is 0 Å². The molecule has 0 bridgehead atoms. The minimum Gasteiger partial charge on any atom is -0.280 e. The quantitative estimate of drug-likeness (QED) is 0.944. The van der Waals surface area contributed by atoms with Crippen molar-refractivity contribution < 1.29 is 12.8 Å². The van der Waals surface area contributed by atoms with Gasteiger partial charge in [-0.05, 0) is 36.2 Å². The fraction of sp³-hybridized carbons (Fsp3) is 0.133. The lowest BCUT2D eigenvalue weighted by atomic mass is 10.2. The molecule has 2 aromatic carbocycles. The topological polar surface area (TPSA) is 70.0 Å². The third-order valence-electron chi connectivity index (χ3n) is 2.92. The van der Waals surface area contributed by atoms with Gasteiger partial charge in [0.2, 0.25) is 10.0 Å². The maximum atomic E-state index is 13.7. The van der Waals surface area contributed by atoms with Crippen molar-refractivity contribution in [3.05, 3.63) is 65.0 Å². The predicted octanol–water partition coefficient (Wildman–Crippen LogP) is 2.95. The van der Waals surface area contributed by atoms with Gasteiger partial charge in [-0.15, -0.1) is 0 Å². The van der Waals surface area contributed by atoms with E-state index in [4.69, 9.17) is 5.26 Å². The van der Waals surface area contributed by atoms with Gasteiger partial charge >= 0.3 is 0 Å². The Labute approximate surface area is 122 Å². The van der Waals surface area contributed by atoms with Gasteiger partial charge in [-0.1, -0.05) is 24.3 Å². The van der Waals surface area contributed by atoms with E-state index >= 15 is 0 Å². The second kappa shape index (κ2) is 5.94. The van der Waals surface area contributed by atoms with Crippen LogP contribution < -0.4 is 4.72 Å². The first-order valence-electron chi connectivity index (χ1n) is 6.16. The number of hydrogen-bond acceptors (Lipinski definition) is 3. The van der Waals surface area contributed by atoms with E-state index in [1.807, 2.05) is 6.07 Å². The zero-order valence-electron chi connectivity index (χ0n) is 11.3. The summed E-state index contributed by atoms with van der Waals surface area (Å²) in [4.78, 5) is 0. The van der Waals surface area contributed by atoms with Crippen molar-refractivity contribution in [3.8, 4) is 6.07 Å². The number of halogens is 1. The lowest BCUT2D eigenvalue weighted by molar-refractivity contribution is 0.597. The number of sulfonamides is 1. The first-order chi connectivity index (χ1) is 9.91. The van der Waals surface area contributed by atoms with Gasteiger partial charge in [0.05, 0.1) is 23.1 Å². The molecule has 0 heterocycles. The summed E-state index contributed by atoms with van der Waals surface area (Å²) in [7, 11) is -3.73. The smallest absolute Gasteiger partial charge is 0.237 e. The summed E-state index contributed by atoms with van der Waals surface area (Å²) in [6.45, 7) is 1.63. The van der Waals surface area contributed by atoms with Crippen LogP contribution in [0.25, 0.3) is 0 Å². The lowest BCUT2D eigenvalue weighted by Crippen LogP contribution is -2.16. The zero-order valence-corrected chi connectivity index (χ0v) is 12.1. The van der Waals surface area contributed by atoms with Gasteiger partial charge in [-0.25, -0.2) is 12.8 Å². The molecule has 1 N–H and O–H groups in total. The summed E-state index contributed by atoms with van der Waals surface area (Å²) in [5.41, 5.74) is 1.45. The van der Waals surface area contributed by atoms with Gasteiger partial charge in [0, 0.05) is 0 Å². The molecule has 0 saturated heterocycles. The molecule has 108 valence electrons. The van der Waals surface area contributed by atoms with Crippen molar-refractivity contribution in [2.24, 2.45) is 0 Å². The Morgan fingerprint density at radius 1 is 1.19 bits per heavy atom. The molecular formula is C15H13FN2O2S. The van der Waals surface area contributed by atoms with Crippen molar-refractivity contribution in [1.29, 1.82) is 5.26 Å². The Morgan fingerprint density at radius 2 is 1.86 bits per heavy atom. The maximum Gasteiger partial charge on any atom is 0.237 e. The highest BCUT2D eigenvalue weighted by Gasteiger charge is 2.15.